The van der Waals surface area contributed by atoms with Gasteiger partial charge in [-0.2, -0.15) is 0 Å². The van der Waals surface area contributed by atoms with Crippen LogP contribution in [0.25, 0.3) is 0 Å². The van der Waals surface area contributed by atoms with Crippen molar-refractivity contribution in [2.45, 2.75) is 25.7 Å². The van der Waals surface area contributed by atoms with Gasteiger partial charge in [-0.05, 0) is 31.0 Å². The van der Waals surface area contributed by atoms with E-state index in [9.17, 15) is 19.2 Å². The second-order valence-electron chi connectivity index (χ2n) is 4.70. The van der Waals surface area contributed by atoms with Crippen LogP contribution in [0.1, 0.15) is 46.4 Å². The van der Waals surface area contributed by atoms with E-state index in [1.807, 2.05) is 0 Å². The quantitative estimate of drug-likeness (QED) is 0.298. The lowest BCUT2D eigenvalue weighted by molar-refractivity contribution is -0.139. The topological polar surface area (TPSA) is 158 Å². The Morgan fingerprint density at radius 1 is 0.880 bits per heavy atom. The van der Waals surface area contributed by atoms with Gasteiger partial charge in [0.05, 0.1) is 24.3 Å². The molecule has 25 heavy (non-hydrogen) atoms. The van der Waals surface area contributed by atoms with E-state index in [1.165, 1.54) is 18.2 Å². The summed E-state index contributed by atoms with van der Waals surface area (Å²) in [6.45, 7) is -0.250. The molecule has 0 amide bonds. The van der Waals surface area contributed by atoms with Gasteiger partial charge in [-0.25, -0.2) is 9.59 Å². The molecule has 0 saturated carbocycles. The minimum absolute atomic E-state index is 0.0335. The maximum Gasteiger partial charge on any atom is 0.345 e. The van der Waals surface area contributed by atoms with Crippen LogP contribution in [0.15, 0.2) is 24.3 Å². The molecule has 0 radical (unpaired) electrons. The van der Waals surface area contributed by atoms with Crippen molar-refractivity contribution in [2.75, 3.05) is 13.2 Å². The Morgan fingerprint density at radius 3 is 1.96 bits per heavy atom. The first-order valence-electron chi connectivity index (χ1n) is 7.33. The SMILES string of the molecule is O=C(O)CCCCC(=O)OC(=O)c1cccc(C(=O)O)c1.OCCO. The van der Waals surface area contributed by atoms with E-state index in [1.54, 1.807) is 0 Å². The molecule has 4 N–H and O–H groups in total. The van der Waals surface area contributed by atoms with Crippen molar-refractivity contribution in [3.05, 3.63) is 35.4 Å². The molecule has 0 bridgehead atoms. The monoisotopic (exact) mass is 356 g/mol. The smallest absolute Gasteiger partial charge is 0.345 e. The zero-order chi connectivity index (χ0) is 19.2. The fourth-order valence-corrected chi connectivity index (χ4v) is 1.54. The summed E-state index contributed by atoms with van der Waals surface area (Å²) in [4.78, 5) is 44.1. The van der Waals surface area contributed by atoms with Gasteiger partial charge in [-0.15, -0.1) is 0 Å². The highest BCUT2D eigenvalue weighted by molar-refractivity contribution is 5.99. The summed E-state index contributed by atoms with van der Waals surface area (Å²) in [5.41, 5.74) is -0.118. The number of hydrogen-bond donors (Lipinski definition) is 4. The molecule has 9 heteroatoms. The van der Waals surface area contributed by atoms with Gasteiger partial charge in [-0.1, -0.05) is 6.07 Å². The number of benzene rings is 1. The van der Waals surface area contributed by atoms with Crippen molar-refractivity contribution in [1.29, 1.82) is 0 Å². The number of rotatable bonds is 8. The first-order valence-corrected chi connectivity index (χ1v) is 7.33. The number of aliphatic hydroxyl groups is 2. The number of esters is 2. The second-order valence-corrected chi connectivity index (χ2v) is 4.70. The largest absolute Gasteiger partial charge is 0.481 e. The summed E-state index contributed by atoms with van der Waals surface area (Å²) < 4.78 is 4.56. The Kier molecular flexibility index (Phi) is 11.2. The van der Waals surface area contributed by atoms with E-state index in [0.29, 0.717) is 12.8 Å². The molecule has 0 aromatic heterocycles. The standard InChI is InChI=1S/C14H14O7.C2H6O2/c15-11(16)6-1-2-7-12(17)21-14(20)10-5-3-4-9(8-10)13(18)19;3-1-2-4/h3-5,8H,1-2,6-7H2,(H,15,16)(H,18,19);3-4H,1-2H2. The van der Waals surface area contributed by atoms with Crippen LogP contribution >= 0.6 is 0 Å². The van der Waals surface area contributed by atoms with Gasteiger partial charge >= 0.3 is 23.9 Å². The molecule has 0 fully saturated rings. The van der Waals surface area contributed by atoms with Gasteiger partial charge in [0.2, 0.25) is 0 Å². The number of aromatic carboxylic acids is 1. The molecule has 0 saturated heterocycles. The third-order valence-electron chi connectivity index (χ3n) is 2.67. The Balaban J connectivity index is 0.00000129. The van der Waals surface area contributed by atoms with Crippen molar-refractivity contribution in [3.63, 3.8) is 0 Å². The van der Waals surface area contributed by atoms with Crippen molar-refractivity contribution in [3.8, 4) is 0 Å². The van der Waals surface area contributed by atoms with Crippen LogP contribution in [0, 0.1) is 0 Å². The Bertz CT molecular complexity index is 593. The summed E-state index contributed by atoms with van der Waals surface area (Å²) in [7, 11) is 0. The summed E-state index contributed by atoms with van der Waals surface area (Å²) >= 11 is 0. The molecular weight excluding hydrogens is 336 g/mol. The highest BCUT2D eigenvalue weighted by Crippen LogP contribution is 2.09. The van der Waals surface area contributed by atoms with Gasteiger partial charge in [-0.3, -0.25) is 9.59 Å². The van der Waals surface area contributed by atoms with E-state index in [-0.39, 0.29) is 37.2 Å². The fourth-order valence-electron chi connectivity index (χ4n) is 1.54. The zero-order valence-electron chi connectivity index (χ0n) is 13.4. The molecule has 0 heterocycles. The Labute approximate surface area is 143 Å². The molecule has 138 valence electrons. The Morgan fingerprint density at radius 2 is 1.44 bits per heavy atom. The second kappa shape index (κ2) is 12.6. The average molecular weight is 356 g/mol. The van der Waals surface area contributed by atoms with Gasteiger partial charge in [0.1, 0.15) is 0 Å². The van der Waals surface area contributed by atoms with Gasteiger partial charge in [0.25, 0.3) is 0 Å². The molecule has 1 aromatic rings. The number of carboxylic acid groups (broad SMARTS) is 2. The van der Waals surface area contributed by atoms with Crippen LogP contribution in [-0.4, -0.2) is 57.5 Å². The number of hydrogen-bond acceptors (Lipinski definition) is 7. The van der Waals surface area contributed by atoms with E-state index in [2.05, 4.69) is 4.74 Å². The molecule has 9 nitrogen and oxygen atoms in total. The van der Waals surface area contributed by atoms with Crippen molar-refractivity contribution in [1.82, 2.24) is 0 Å². The molecular formula is C16H20O9. The predicted molar refractivity (Wildman–Crippen MR) is 84.1 cm³/mol. The maximum atomic E-state index is 11.6. The van der Waals surface area contributed by atoms with Gasteiger partial charge < -0.3 is 25.2 Å². The van der Waals surface area contributed by atoms with Crippen LogP contribution in [0.2, 0.25) is 0 Å². The first kappa shape index (κ1) is 22.2. The van der Waals surface area contributed by atoms with Crippen LogP contribution in [-0.2, 0) is 14.3 Å². The number of aliphatic hydroxyl groups excluding tert-OH is 2. The van der Waals surface area contributed by atoms with Crippen molar-refractivity contribution >= 4 is 23.9 Å². The number of ether oxygens (including phenoxy) is 1. The average Bonchev–Trinajstić information content (AvgIpc) is 2.58. The number of carboxylic acids is 2. The summed E-state index contributed by atoms with van der Waals surface area (Å²) in [5, 5.41) is 32.5. The molecule has 0 aliphatic rings. The van der Waals surface area contributed by atoms with E-state index < -0.39 is 23.9 Å². The third kappa shape index (κ3) is 10.6. The van der Waals surface area contributed by atoms with E-state index in [0.717, 1.165) is 6.07 Å². The zero-order valence-corrected chi connectivity index (χ0v) is 13.4. The highest BCUT2D eigenvalue weighted by atomic mass is 16.6. The van der Waals surface area contributed by atoms with Crippen LogP contribution in [0.4, 0.5) is 0 Å². The number of unbranched alkanes of at least 4 members (excludes halogenated alkanes) is 1. The fraction of sp³-hybridized carbons (Fsp3) is 0.375. The highest BCUT2D eigenvalue weighted by Gasteiger charge is 2.14. The van der Waals surface area contributed by atoms with Crippen molar-refractivity contribution in [2.24, 2.45) is 0 Å². The Hall–Kier alpha value is -2.78. The van der Waals surface area contributed by atoms with E-state index in [4.69, 9.17) is 20.4 Å². The van der Waals surface area contributed by atoms with E-state index >= 15 is 0 Å². The molecule has 1 aromatic carbocycles. The maximum absolute atomic E-state index is 11.6. The van der Waals surface area contributed by atoms with Crippen molar-refractivity contribution < 1.29 is 44.3 Å². The third-order valence-corrected chi connectivity index (χ3v) is 2.67. The van der Waals surface area contributed by atoms with Gasteiger partial charge in [0.15, 0.2) is 0 Å². The lowest BCUT2D eigenvalue weighted by Gasteiger charge is -2.03. The molecule has 0 unspecified atom stereocenters. The minimum atomic E-state index is -1.19. The van der Waals surface area contributed by atoms with Crippen LogP contribution < -0.4 is 0 Å². The number of aliphatic carboxylic acids is 1. The lowest BCUT2D eigenvalue weighted by Crippen LogP contribution is -2.13. The molecule has 0 atom stereocenters. The molecule has 0 aliphatic carbocycles. The lowest BCUT2D eigenvalue weighted by atomic mass is 10.1. The molecule has 0 aliphatic heterocycles. The minimum Gasteiger partial charge on any atom is -0.481 e. The normalized spacial score (nSPS) is 9.52. The van der Waals surface area contributed by atoms with Crippen LogP contribution in [0.5, 0.6) is 0 Å². The summed E-state index contributed by atoms with van der Waals surface area (Å²) in [6.07, 6.45) is 0.486. The predicted octanol–water partition coefficient (Wildman–Crippen LogP) is 0.684. The number of carbonyl (C=O) groups excluding carboxylic acids is 2. The van der Waals surface area contributed by atoms with Gasteiger partial charge in [0, 0.05) is 12.8 Å². The molecule has 0 spiro atoms. The summed E-state index contributed by atoms with van der Waals surface area (Å²) in [6, 6.07) is 5.14. The molecule has 1 rings (SSSR count). The number of carbonyl (C=O) groups is 4. The van der Waals surface area contributed by atoms with Crippen LogP contribution in [0.3, 0.4) is 0 Å². The summed E-state index contributed by atoms with van der Waals surface area (Å²) in [5.74, 6) is -3.85. The first-order chi connectivity index (χ1) is 11.8.